The number of hydrogen-bond donors (Lipinski definition) is 1. The number of nitrogens with zero attached hydrogens (tertiary/aromatic N) is 2. The van der Waals surface area contributed by atoms with Gasteiger partial charge in [0, 0.05) is 32.6 Å². The van der Waals surface area contributed by atoms with E-state index in [1.165, 1.54) is 5.56 Å². The quantitative estimate of drug-likeness (QED) is 0.788. The Bertz CT molecular complexity index is 770. The van der Waals surface area contributed by atoms with Crippen LogP contribution >= 0.6 is 12.4 Å². The fourth-order valence-electron chi connectivity index (χ4n) is 3.63. The number of carbonyl (C=O) groups is 2. The molecule has 1 fully saturated rings. The van der Waals surface area contributed by atoms with Crippen LogP contribution in [0.25, 0.3) is 0 Å². The fraction of sp³-hybridized carbons (Fsp3) is 0.391. The first-order chi connectivity index (χ1) is 13.6. The zero-order valence-corrected chi connectivity index (χ0v) is 17.5. The summed E-state index contributed by atoms with van der Waals surface area (Å²) in [6.07, 6.45) is 2.59. The minimum atomic E-state index is -0.539. The molecule has 6 heteroatoms. The molecule has 0 aromatic heterocycles. The van der Waals surface area contributed by atoms with Crippen molar-refractivity contribution in [3.8, 4) is 0 Å². The minimum absolute atomic E-state index is 0. The van der Waals surface area contributed by atoms with Crippen LogP contribution in [0.15, 0.2) is 60.7 Å². The Kier molecular flexibility index (Phi) is 9.16. The van der Waals surface area contributed by atoms with Crippen molar-refractivity contribution in [3.05, 3.63) is 71.8 Å². The van der Waals surface area contributed by atoms with Crippen molar-refractivity contribution in [2.24, 2.45) is 5.73 Å². The summed E-state index contributed by atoms with van der Waals surface area (Å²) in [6, 6.07) is 19.4. The third-order valence-corrected chi connectivity index (χ3v) is 5.25. The van der Waals surface area contributed by atoms with Crippen LogP contribution in [-0.2, 0) is 22.4 Å². The van der Waals surface area contributed by atoms with E-state index >= 15 is 0 Å². The number of benzene rings is 2. The number of halogens is 1. The van der Waals surface area contributed by atoms with Crippen LogP contribution in [0.3, 0.4) is 0 Å². The lowest BCUT2D eigenvalue weighted by Crippen LogP contribution is -2.46. The average Bonchev–Trinajstić information content (AvgIpc) is 2.99. The van der Waals surface area contributed by atoms with E-state index in [0.29, 0.717) is 39.0 Å². The van der Waals surface area contributed by atoms with Gasteiger partial charge in [0.15, 0.2) is 0 Å². The highest BCUT2D eigenvalue weighted by molar-refractivity contribution is 5.85. The van der Waals surface area contributed by atoms with Gasteiger partial charge in [-0.15, -0.1) is 12.4 Å². The summed E-state index contributed by atoms with van der Waals surface area (Å²) in [5, 5.41) is 0. The molecule has 5 nitrogen and oxygen atoms in total. The van der Waals surface area contributed by atoms with Gasteiger partial charge in [0.2, 0.25) is 11.8 Å². The Morgan fingerprint density at radius 2 is 1.38 bits per heavy atom. The van der Waals surface area contributed by atoms with Crippen molar-refractivity contribution in [3.63, 3.8) is 0 Å². The van der Waals surface area contributed by atoms with Crippen LogP contribution in [0.2, 0.25) is 0 Å². The Morgan fingerprint density at radius 1 is 0.828 bits per heavy atom. The van der Waals surface area contributed by atoms with Crippen LogP contribution < -0.4 is 5.73 Å². The molecule has 0 aliphatic carbocycles. The van der Waals surface area contributed by atoms with E-state index < -0.39 is 6.04 Å². The highest BCUT2D eigenvalue weighted by Gasteiger charge is 2.25. The van der Waals surface area contributed by atoms with Crippen molar-refractivity contribution >= 4 is 24.2 Å². The summed E-state index contributed by atoms with van der Waals surface area (Å²) in [5.74, 6) is 0.133. The van der Waals surface area contributed by atoms with Gasteiger partial charge in [-0.3, -0.25) is 9.59 Å². The first-order valence-electron chi connectivity index (χ1n) is 10.0. The van der Waals surface area contributed by atoms with Crippen LogP contribution in [0, 0.1) is 0 Å². The number of carbonyl (C=O) groups excluding carboxylic acids is 2. The Morgan fingerprint density at radius 3 is 2.03 bits per heavy atom. The predicted octanol–water partition coefficient (Wildman–Crippen LogP) is 2.67. The summed E-state index contributed by atoms with van der Waals surface area (Å²) < 4.78 is 0. The molecule has 1 heterocycles. The van der Waals surface area contributed by atoms with Crippen LogP contribution in [-0.4, -0.2) is 53.8 Å². The first kappa shape index (κ1) is 22.9. The molecule has 2 N–H and O–H groups in total. The van der Waals surface area contributed by atoms with Crippen LogP contribution in [0.4, 0.5) is 0 Å². The van der Waals surface area contributed by atoms with Crippen molar-refractivity contribution < 1.29 is 9.59 Å². The molecular weight excluding hydrogens is 386 g/mol. The van der Waals surface area contributed by atoms with E-state index in [-0.39, 0.29) is 24.2 Å². The molecule has 1 atom stereocenters. The number of amides is 2. The highest BCUT2D eigenvalue weighted by Crippen LogP contribution is 2.11. The van der Waals surface area contributed by atoms with Gasteiger partial charge in [-0.25, -0.2) is 0 Å². The lowest BCUT2D eigenvalue weighted by Gasteiger charge is -2.25. The number of aryl methyl sites for hydroxylation is 1. The summed E-state index contributed by atoms with van der Waals surface area (Å²) in [4.78, 5) is 29.0. The highest BCUT2D eigenvalue weighted by atomic mass is 35.5. The van der Waals surface area contributed by atoms with Gasteiger partial charge >= 0.3 is 0 Å². The van der Waals surface area contributed by atoms with E-state index in [1.54, 1.807) is 0 Å². The smallest absolute Gasteiger partial charge is 0.239 e. The molecule has 0 radical (unpaired) electrons. The largest absolute Gasteiger partial charge is 0.341 e. The third-order valence-electron chi connectivity index (χ3n) is 5.25. The lowest BCUT2D eigenvalue weighted by atomic mass is 10.1. The second kappa shape index (κ2) is 11.6. The molecule has 156 valence electrons. The van der Waals surface area contributed by atoms with E-state index in [9.17, 15) is 9.59 Å². The molecule has 3 rings (SSSR count). The van der Waals surface area contributed by atoms with Gasteiger partial charge < -0.3 is 15.5 Å². The first-order valence-corrected chi connectivity index (χ1v) is 10.0. The van der Waals surface area contributed by atoms with E-state index in [0.717, 1.165) is 18.4 Å². The van der Waals surface area contributed by atoms with E-state index in [1.807, 2.05) is 70.5 Å². The standard InChI is InChI=1S/C23H29N3O2.ClH/c24-21(18-20-10-5-2-6-11-20)23(28)26-15-7-14-25(16-17-26)22(27)13-12-19-8-3-1-4-9-19;/h1-6,8-11,21H,7,12-18,24H2;1H/t21-;/m0./s1. The molecular formula is C23H30ClN3O2. The second-order valence-electron chi connectivity index (χ2n) is 7.34. The zero-order chi connectivity index (χ0) is 19.8. The predicted molar refractivity (Wildman–Crippen MR) is 118 cm³/mol. The summed E-state index contributed by atoms with van der Waals surface area (Å²) in [6.45, 7) is 2.49. The summed E-state index contributed by atoms with van der Waals surface area (Å²) in [5.41, 5.74) is 8.41. The van der Waals surface area contributed by atoms with E-state index in [4.69, 9.17) is 5.73 Å². The van der Waals surface area contributed by atoms with Crippen LogP contribution in [0.5, 0.6) is 0 Å². The summed E-state index contributed by atoms with van der Waals surface area (Å²) in [7, 11) is 0. The number of nitrogens with two attached hydrogens (primary N) is 1. The molecule has 0 saturated carbocycles. The van der Waals surface area contributed by atoms with Gasteiger partial charge in [-0.05, 0) is 30.4 Å². The van der Waals surface area contributed by atoms with Crippen molar-refractivity contribution in [2.45, 2.75) is 31.7 Å². The maximum Gasteiger partial charge on any atom is 0.239 e. The molecule has 1 aliphatic rings. The average molecular weight is 416 g/mol. The lowest BCUT2D eigenvalue weighted by molar-refractivity contribution is -0.134. The fourth-order valence-corrected chi connectivity index (χ4v) is 3.63. The van der Waals surface area contributed by atoms with Gasteiger partial charge in [0.1, 0.15) is 0 Å². The monoisotopic (exact) mass is 415 g/mol. The molecule has 2 aromatic carbocycles. The zero-order valence-electron chi connectivity index (χ0n) is 16.7. The number of hydrogen-bond acceptors (Lipinski definition) is 3. The van der Waals surface area contributed by atoms with E-state index in [2.05, 4.69) is 0 Å². The topological polar surface area (TPSA) is 66.6 Å². The van der Waals surface area contributed by atoms with Crippen molar-refractivity contribution in [1.82, 2.24) is 9.80 Å². The Hall–Kier alpha value is -2.37. The van der Waals surface area contributed by atoms with Gasteiger partial charge in [0.05, 0.1) is 6.04 Å². The molecule has 0 spiro atoms. The van der Waals surface area contributed by atoms with Gasteiger partial charge in [-0.2, -0.15) is 0 Å². The van der Waals surface area contributed by atoms with Gasteiger partial charge in [0.25, 0.3) is 0 Å². The van der Waals surface area contributed by atoms with Crippen LogP contribution in [0.1, 0.15) is 24.0 Å². The third kappa shape index (κ3) is 6.87. The van der Waals surface area contributed by atoms with Crippen molar-refractivity contribution in [2.75, 3.05) is 26.2 Å². The Balaban J connectivity index is 0.00000300. The SMILES string of the molecule is Cl.N[C@@H](Cc1ccccc1)C(=O)N1CCCN(C(=O)CCc2ccccc2)CC1. The van der Waals surface area contributed by atoms with Gasteiger partial charge in [-0.1, -0.05) is 60.7 Å². The molecule has 1 aliphatic heterocycles. The number of rotatable bonds is 6. The molecule has 1 saturated heterocycles. The van der Waals surface area contributed by atoms with Crippen molar-refractivity contribution in [1.29, 1.82) is 0 Å². The molecule has 2 amide bonds. The maximum atomic E-state index is 12.7. The molecule has 29 heavy (non-hydrogen) atoms. The second-order valence-corrected chi connectivity index (χ2v) is 7.34. The molecule has 0 bridgehead atoms. The normalized spacial score (nSPS) is 15.2. The molecule has 0 unspecified atom stereocenters. The Labute approximate surface area is 179 Å². The molecule has 2 aromatic rings. The minimum Gasteiger partial charge on any atom is -0.341 e. The summed E-state index contributed by atoms with van der Waals surface area (Å²) >= 11 is 0. The maximum absolute atomic E-state index is 12.7.